The van der Waals surface area contributed by atoms with Crippen LogP contribution in [-0.4, -0.2) is 31.1 Å². The van der Waals surface area contributed by atoms with Crippen LogP contribution in [0.4, 0.5) is 0 Å². The van der Waals surface area contributed by atoms with Gasteiger partial charge in [-0.2, -0.15) is 5.26 Å². The first kappa shape index (κ1) is 19.0. The maximum absolute atomic E-state index is 12.3. The molecule has 6 nitrogen and oxygen atoms in total. The predicted molar refractivity (Wildman–Crippen MR) is 94.1 cm³/mol. The Bertz CT molecular complexity index is 808. The van der Waals surface area contributed by atoms with Crippen molar-refractivity contribution in [1.82, 2.24) is 0 Å². The van der Waals surface area contributed by atoms with Gasteiger partial charge in [0.15, 0.2) is 12.7 Å². The van der Waals surface area contributed by atoms with Gasteiger partial charge in [-0.1, -0.05) is 12.1 Å². The van der Waals surface area contributed by atoms with Crippen LogP contribution in [0.1, 0.15) is 29.8 Å². The first-order valence-electron chi connectivity index (χ1n) is 8.13. The minimum Gasteiger partial charge on any atom is -0.494 e. The first-order chi connectivity index (χ1) is 12.5. The maximum atomic E-state index is 12.3. The molecule has 26 heavy (non-hydrogen) atoms. The van der Waals surface area contributed by atoms with Crippen molar-refractivity contribution in [2.24, 2.45) is 0 Å². The van der Waals surface area contributed by atoms with E-state index in [9.17, 15) is 9.59 Å². The fraction of sp³-hybridized carbons (Fsp3) is 0.250. The number of Topliss-reactive ketones (excluding diaryl/α,β-unsaturated/α-hetero) is 1. The topological polar surface area (TPSA) is 85.6 Å². The summed E-state index contributed by atoms with van der Waals surface area (Å²) in [7, 11) is 0. The van der Waals surface area contributed by atoms with Gasteiger partial charge in [-0.05, 0) is 50.2 Å². The number of carbonyl (C=O) groups is 2. The predicted octanol–water partition coefficient (Wildman–Crippen LogP) is 3.15. The van der Waals surface area contributed by atoms with E-state index in [0.29, 0.717) is 23.5 Å². The van der Waals surface area contributed by atoms with Gasteiger partial charge in [-0.15, -0.1) is 0 Å². The standard InChI is InChI=1S/C20H19NO5/c1-3-24-17-10-8-15(9-11-17)20(23)14(2)26-19(22)13-25-18-7-5-4-6-16(18)12-21/h4-11,14H,3,13H2,1-2H3/t14-/m0/s1. The highest BCUT2D eigenvalue weighted by atomic mass is 16.6. The lowest BCUT2D eigenvalue weighted by atomic mass is 10.1. The lowest BCUT2D eigenvalue weighted by Crippen LogP contribution is -2.27. The average Bonchev–Trinajstić information content (AvgIpc) is 2.66. The third-order valence-corrected chi connectivity index (χ3v) is 3.48. The van der Waals surface area contributed by atoms with Crippen molar-refractivity contribution >= 4 is 11.8 Å². The van der Waals surface area contributed by atoms with Crippen LogP contribution in [0.25, 0.3) is 0 Å². The number of hydrogen-bond donors (Lipinski definition) is 0. The Morgan fingerprint density at radius 3 is 2.42 bits per heavy atom. The summed E-state index contributed by atoms with van der Waals surface area (Å²) in [6.45, 7) is 3.52. The van der Waals surface area contributed by atoms with Crippen LogP contribution >= 0.6 is 0 Å². The van der Waals surface area contributed by atoms with E-state index in [-0.39, 0.29) is 18.1 Å². The lowest BCUT2D eigenvalue weighted by molar-refractivity contribution is -0.148. The molecule has 2 rings (SSSR count). The van der Waals surface area contributed by atoms with Crippen LogP contribution in [0.2, 0.25) is 0 Å². The number of ketones is 1. The summed E-state index contributed by atoms with van der Waals surface area (Å²) in [4.78, 5) is 24.2. The Labute approximate surface area is 151 Å². The van der Waals surface area contributed by atoms with Gasteiger partial charge in [0.25, 0.3) is 0 Å². The van der Waals surface area contributed by atoms with Crippen molar-refractivity contribution < 1.29 is 23.8 Å². The number of para-hydroxylation sites is 1. The van der Waals surface area contributed by atoms with Gasteiger partial charge in [-0.3, -0.25) is 4.79 Å². The number of esters is 1. The van der Waals surface area contributed by atoms with Gasteiger partial charge < -0.3 is 14.2 Å². The third kappa shape index (κ3) is 5.08. The molecule has 134 valence electrons. The number of nitrogens with zero attached hydrogens (tertiary/aromatic N) is 1. The second kappa shape index (κ2) is 9.23. The number of nitriles is 1. The largest absolute Gasteiger partial charge is 0.494 e. The van der Waals surface area contributed by atoms with E-state index in [0.717, 1.165) is 0 Å². The zero-order valence-corrected chi connectivity index (χ0v) is 14.6. The molecule has 0 aliphatic heterocycles. The fourth-order valence-corrected chi connectivity index (χ4v) is 2.22. The number of hydrogen-bond acceptors (Lipinski definition) is 6. The van der Waals surface area contributed by atoms with Crippen molar-refractivity contribution in [1.29, 1.82) is 5.26 Å². The van der Waals surface area contributed by atoms with Gasteiger partial charge in [0.05, 0.1) is 12.2 Å². The lowest BCUT2D eigenvalue weighted by Gasteiger charge is -2.13. The number of ether oxygens (including phenoxy) is 3. The summed E-state index contributed by atoms with van der Waals surface area (Å²) in [5.74, 6) is -0.0564. The Morgan fingerprint density at radius 2 is 1.77 bits per heavy atom. The summed E-state index contributed by atoms with van der Waals surface area (Å²) in [6.07, 6.45) is -0.949. The van der Waals surface area contributed by atoms with Crippen molar-refractivity contribution in [3.05, 3.63) is 59.7 Å². The van der Waals surface area contributed by atoms with Crippen molar-refractivity contribution in [3.63, 3.8) is 0 Å². The van der Waals surface area contributed by atoms with Crippen LogP contribution in [0.3, 0.4) is 0 Å². The molecule has 0 N–H and O–H groups in total. The molecule has 0 unspecified atom stereocenters. The second-order valence-corrected chi connectivity index (χ2v) is 5.35. The highest BCUT2D eigenvalue weighted by molar-refractivity contribution is 6.00. The molecule has 0 aliphatic carbocycles. The molecule has 0 amide bonds. The van der Waals surface area contributed by atoms with Gasteiger partial charge in [0.1, 0.15) is 17.6 Å². The van der Waals surface area contributed by atoms with E-state index in [1.165, 1.54) is 6.92 Å². The highest BCUT2D eigenvalue weighted by Crippen LogP contribution is 2.17. The molecular weight excluding hydrogens is 334 g/mol. The van der Waals surface area contributed by atoms with Crippen LogP contribution in [0, 0.1) is 11.3 Å². The monoisotopic (exact) mass is 353 g/mol. The zero-order valence-electron chi connectivity index (χ0n) is 14.6. The minimum absolute atomic E-state index is 0.289. The van der Waals surface area contributed by atoms with E-state index in [2.05, 4.69) is 0 Å². The summed E-state index contributed by atoms with van der Waals surface area (Å²) >= 11 is 0. The number of carbonyl (C=O) groups excluding carboxylic acids is 2. The molecule has 0 aromatic heterocycles. The summed E-state index contributed by atoms with van der Waals surface area (Å²) in [5.41, 5.74) is 0.739. The summed E-state index contributed by atoms with van der Waals surface area (Å²) < 4.78 is 15.7. The van der Waals surface area contributed by atoms with E-state index in [1.807, 2.05) is 13.0 Å². The highest BCUT2D eigenvalue weighted by Gasteiger charge is 2.20. The van der Waals surface area contributed by atoms with Gasteiger partial charge in [-0.25, -0.2) is 4.79 Å². The van der Waals surface area contributed by atoms with Crippen molar-refractivity contribution in [3.8, 4) is 17.6 Å². The molecule has 0 saturated carbocycles. The molecule has 0 fully saturated rings. The second-order valence-electron chi connectivity index (χ2n) is 5.35. The third-order valence-electron chi connectivity index (χ3n) is 3.48. The quantitative estimate of drug-likeness (QED) is 0.535. The van der Waals surface area contributed by atoms with Crippen molar-refractivity contribution in [2.75, 3.05) is 13.2 Å². The van der Waals surface area contributed by atoms with Crippen LogP contribution in [0.15, 0.2) is 48.5 Å². The fourth-order valence-electron chi connectivity index (χ4n) is 2.22. The zero-order chi connectivity index (χ0) is 18.9. The number of rotatable bonds is 8. The Kier molecular flexibility index (Phi) is 6.75. The maximum Gasteiger partial charge on any atom is 0.344 e. The molecule has 0 aliphatic rings. The Morgan fingerprint density at radius 1 is 1.08 bits per heavy atom. The van der Waals surface area contributed by atoms with Crippen LogP contribution in [0.5, 0.6) is 11.5 Å². The van der Waals surface area contributed by atoms with E-state index in [1.54, 1.807) is 48.5 Å². The van der Waals surface area contributed by atoms with Gasteiger partial charge in [0.2, 0.25) is 5.78 Å². The Balaban J connectivity index is 1.89. The molecule has 0 spiro atoms. The van der Waals surface area contributed by atoms with Crippen LogP contribution < -0.4 is 9.47 Å². The molecule has 0 saturated heterocycles. The van der Waals surface area contributed by atoms with E-state index < -0.39 is 12.1 Å². The molecule has 0 bridgehead atoms. The molecule has 1 atom stereocenters. The van der Waals surface area contributed by atoms with E-state index >= 15 is 0 Å². The summed E-state index contributed by atoms with van der Waals surface area (Å²) in [5, 5.41) is 8.98. The van der Waals surface area contributed by atoms with E-state index in [4.69, 9.17) is 19.5 Å². The number of benzene rings is 2. The summed E-state index contributed by atoms with van der Waals surface area (Å²) in [6, 6.07) is 15.1. The first-order valence-corrected chi connectivity index (χ1v) is 8.13. The van der Waals surface area contributed by atoms with Gasteiger partial charge >= 0.3 is 5.97 Å². The molecule has 0 heterocycles. The normalized spacial score (nSPS) is 11.1. The molecule has 0 radical (unpaired) electrons. The van der Waals surface area contributed by atoms with Crippen LogP contribution in [-0.2, 0) is 9.53 Å². The van der Waals surface area contributed by atoms with Crippen molar-refractivity contribution in [2.45, 2.75) is 20.0 Å². The molecule has 2 aromatic carbocycles. The molecule has 6 heteroatoms. The van der Waals surface area contributed by atoms with Gasteiger partial charge in [0, 0.05) is 5.56 Å². The molecular formula is C20H19NO5. The smallest absolute Gasteiger partial charge is 0.344 e. The minimum atomic E-state index is -0.949. The molecule has 2 aromatic rings. The SMILES string of the molecule is CCOc1ccc(C(=O)[C@H](C)OC(=O)COc2ccccc2C#N)cc1. The Hall–Kier alpha value is -3.33. The average molecular weight is 353 g/mol.